The van der Waals surface area contributed by atoms with Gasteiger partial charge in [-0.1, -0.05) is 11.6 Å². The molecule has 1 aromatic heterocycles. The molecule has 5 heteroatoms. The van der Waals surface area contributed by atoms with E-state index < -0.39 is 12.5 Å². The molecular formula is C8H9ClF2N2. The summed E-state index contributed by atoms with van der Waals surface area (Å²) in [5.41, 5.74) is 6.02. The van der Waals surface area contributed by atoms with Gasteiger partial charge in [-0.25, -0.2) is 8.78 Å². The monoisotopic (exact) mass is 206 g/mol. The van der Waals surface area contributed by atoms with E-state index in [1.165, 1.54) is 12.4 Å². The van der Waals surface area contributed by atoms with Gasteiger partial charge in [-0.3, -0.25) is 4.98 Å². The lowest BCUT2D eigenvalue weighted by Gasteiger charge is -2.11. The molecule has 0 unspecified atom stereocenters. The Morgan fingerprint density at radius 1 is 1.54 bits per heavy atom. The molecule has 0 aromatic carbocycles. The molecular weight excluding hydrogens is 198 g/mol. The molecule has 2 nitrogen and oxygen atoms in total. The lowest BCUT2D eigenvalue weighted by molar-refractivity contribution is 0.128. The van der Waals surface area contributed by atoms with Crippen LogP contribution in [0.15, 0.2) is 18.5 Å². The Kier molecular flexibility index (Phi) is 3.57. The second-order valence-electron chi connectivity index (χ2n) is 2.63. The lowest BCUT2D eigenvalue weighted by atomic mass is 10.1. The quantitative estimate of drug-likeness (QED) is 0.825. The van der Waals surface area contributed by atoms with Gasteiger partial charge in [0.2, 0.25) is 6.43 Å². The summed E-state index contributed by atoms with van der Waals surface area (Å²) in [5, 5.41) is 0.329. The summed E-state index contributed by atoms with van der Waals surface area (Å²) in [6, 6.07) is 0.825. The van der Waals surface area contributed by atoms with Gasteiger partial charge < -0.3 is 5.73 Å². The predicted molar refractivity (Wildman–Crippen MR) is 46.8 cm³/mol. The zero-order valence-corrected chi connectivity index (χ0v) is 7.51. The molecule has 0 radical (unpaired) electrons. The van der Waals surface area contributed by atoms with Crippen molar-refractivity contribution in [1.29, 1.82) is 0 Å². The molecule has 0 aliphatic carbocycles. The van der Waals surface area contributed by atoms with E-state index in [9.17, 15) is 8.78 Å². The van der Waals surface area contributed by atoms with Crippen LogP contribution in [0.25, 0.3) is 0 Å². The summed E-state index contributed by atoms with van der Waals surface area (Å²) in [6.07, 6.45) is 0.0672. The van der Waals surface area contributed by atoms with Crippen molar-refractivity contribution < 1.29 is 8.78 Å². The van der Waals surface area contributed by atoms with Gasteiger partial charge in [-0.05, 0) is 11.6 Å². The Morgan fingerprint density at radius 2 is 2.23 bits per heavy atom. The van der Waals surface area contributed by atoms with Crippen molar-refractivity contribution in [2.75, 3.05) is 0 Å². The molecule has 13 heavy (non-hydrogen) atoms. The summed E-state index contributed by atoms with van der Waals surface area (Å²) < 4.78 is 23.9. The van der Waals surface area contributed by atoms with E-state index in [2.05, 4.69) is 4.98 Å². The van der Waals surface area contributed by atoms with Gasteiger partial charge in [0.15, 0.2) is 0 Å². The first-order valence-electron chi connectivity index (χ1n) is 3.74. The highest BCUT2D eigenvalue weighted by Gasteiger charge is 2.14. The number of aromatic nitrogens is 1. The van der Waals surface area contributed by atoms with E-state index in [-0.39, 0.29) is 6.42 Å². The van der Waals surface area contributed by atoms with Crippen molar-refractivity contribution >= 4 is 11.6 Å². The highest BCUT2D eigenvalue weighted by atomic mass is 35.5. The molecule has 0 spiro atoms. The zero-order chi connectivity index (χ0) is 9.84. The highest BCUT2D eigenvalue weighted by molar-refractivity contribution is 6.31. The summed E-state index contributed by atoms with van der Waals surface area (Å²) in [7, 11) is 0. The molecule has 2 N–H and O–H groups in total. The van der Waals surface area contributed by atoms with Gasteiger partial charge in [0.05, 0.1) is 5.02 Å². The number of nitrogens with two attached hydrogens (primary N) is 1. The molecule has 0 saturated carbocycles. The maximum absolute atomic E-state index is 12.0. The van der Waals surface area contributed by atoms with Gasteiger partial charge >= 0.3 is 0 Å². The third-order valence-electron chi connectivity index (χ3n) is 1.64. The minimum absolute atomic E-state index is 0.329. The van der Waals surface area contributed by atoms with Crippen LogP contribution in [0.1, 0.15) is 18.0 Å². The van der Waals surface area contributed by atoms with Crippen molar-refractivity contribution in [2.45, 2.75) is 18.9 Å². The Bertz CT molecular complexity index is 281. The van der Waals surface area contributed by atoms with Crippen LogP contribution in [0.4, 0.5) is 8.78 Å². The standard InChI is InChI=1S/C8H9ClF2N2/c9-6-4-13-2-1-5(6)7(12)3-8(10)11/h1-2,4,7-8H,3,12H2/t7-/m0/s1. The van der Waals surface area contributed by atoms with Gasteiger partial charge in [-0.15, -0.1) is 0 Å². The second-order valence-corrected chi connectivity index (χ2v) is 3.04. The molecule has 0 saturated heterocycles. The summed E-state index contributed by atoms with van der Waals surface area (Å²) in [6.45, 7) is 0. The highest BCUT2D eigenvalue weighted by Crippen LogP contribution is 2.24. The van der Waals surface area contributed by atoms with Crippen molar-refractivity contribution in [2.24, 2.45) is 5.73 Å². The van der Waals surface area contributed by atoms with Gasteiger partial charge in [0.25, 0.3) is 0 Å². The van der Waals surface area contributed by atoms with Gasteiger partial charge in [0.1, 0.15) is 0 Å². The summed E-state index contributed by atoms with van der Waals surface area (Å²) in [5.74, 6) is 0. The van der Waals surface area contributed by atoms with Gasteiger partial charge in [-0.2, -0.15) is 0 Å². The number of nitrogens with zero attached hydrogens (tertiary/aromatic N) is 1. The first-order valence-corrected chi connectivity index (χ1v) is 4.12. The molecule has 0 aliphatic rings. The van der Waals surface area contributed by atoms with Crippen LogP contribution in [0.2, 0.25) is 5.02 Å². The Morgan fingerprint density at radius 3 is 2.77 bits per heavy atom. The summed E-state index contributed by atoms with van der Waals surface area (Å²) in [4.78, 5) is 3.73. The Labute approximate surface area is 79.7 Å². The maximum atomic E-state index is 12.0. The van der Waals surface area contributed by atoms with Crippen molar-refractivity contribution in [1.82, 2.24) is 4.98 Å². The van der Waals surface area contributed by atoms with Crippen molar-refractivity contribution in [3.8, 4) is 0 Å². The topological polar surface area (TPSA) is 38.9 Å². The molecule has 0 bridgehead atoms. The molecule has 72 valence electrons. The third-order valence-corrected chi connectivity index (χ3v) is 1.95. The van der Waals surface area contributed by atoms with E-state index in [1.54, 1.807) is 6.07 Å². The maximum Gasteiger partial charge on any atom is 0.240 e. The first kappa shape index (κ1) is 10.3. The molecule has 0 amide bonds. The van der Waals surface area contributed by atoms with Crippen LogP contribution in [-0.2, 0) is 0 Å². The Hall–Kier alpha value is -0.740. The minimum Gasteiger partial charge on any atom is -0.324 e. The average Bonchev–Trinajstić information content (AvgIpc) is 2.03. The van der Waals surface area contributed by atoms with E-state index in [1.807, 2.05) is 0 Å². The molecule has 0 fully saturated rings. The van der Waals surface area contributed by atoms with Crippen LogP contribution >= 0.6 is 11.6 Å². The fraction of sp³-hybridized carbons (Fsp3) is 0.375. The Balaban J connectivity index is 2.76. The minimum atomic E-state index is -2.42. The molecule has 0 aliphatic heterocycles. The molecule has 1 heterocycles. The van der Waals surface area contributed by atoms with Crippen LogP contribution in [-0.4, -0.2) is 11.4 Å². The fourth-order valence-electron chi connectivity index (χ4n) is 1.01. The van der Waals surface area contributed by atoms with Crippen LogP contribution in [0, 0.1) is 0 Å². The van der Waals surface area contributed by atoms with E-state index in [0.717, 1.165) is 0 Å². The van der Waals surface area contributed by atoms with Crippen molar-refractivity contribution in [3.63, 3.8) is 0 Å². The van der Waals surface area contributed by atoms with E-state index >= 15 is 0 Å². The number of pyridine rings is 1. The second kappa shape index (κ2) is 4.48. The molecule has 1 rings (SSSR count). The van der Waals surface area contributed by atoms with Crippen LogP contribution in [0.3, 0.4) is 0 Å². The number of alkyl halides is 2. The van der Waals surface area contributed by atoms with Crippen LogP contribution in [0.5, 0.6) is 0 Å². The zero-order valence-electron chi connectivity index (χ0n) is 6.75. The molecule has 1 atom stereocenters. The lowest BCUT2D eigenvalue weighted by Crippen LogP contribution is -2.14. The summed E-state index contributed by atoms with van der Waals surface area (Å²) >= 11 is 5.72. The normalized spacial score (nSPS) is 13.3. The number of rotatable bonds is 3. The smallest absolute Gasteiger partial charge is 0.240 e. The van der Waals surface area contributed by atoms with E-state index in [0.29, 0.717) is 10.6 Å². The first-order chi connectivity index (χ1) is 6.11. The van der Waals surface area contributed by atoms with Gasteiger partial charge in [0, 0.05) is 24.9 Å². The largest absolute Gasteiger partial charge is 0.324 e. The van der Waals surface area contributed by atoms with E-state index in [4.69, 9.17) is 17.3 Å². The molecule has 1 aromatic rings. The number of hydrogen-bond acceptors (Lipinski definition) is 2. The average molecular weight is 207 g/mol. The number of halogens is 3. The fourth-order valence-corrected chi connectivity index (χ4v) is 1.27. The van der Waals surface area contributed by atoms with Crippen LogP contribution < -0.4 is 5.73 Å². The SMILES string of the molecule is N[C@@H](CC(F)F)c1ccncc1Cl. The third kappa shape index (κ3) is 2.90. The number of hydrogen-bond donors (Lipinski definition) is 1. The van der Waals surface area contributed by atoms with Crippen molar-refractivity contribution in [3.05, 3.63) is 29.0 Å². The predicted octanol–water partition coefficient (Wildman–Crippen LogP) is 2.39.